The van der Waals surface area contributed by atoms with Crippen molar-refractivity contribution in [1.82, 2.24) is 0 Å². The maximum Gasteiger partial charge on any atom is -0.0244 e. The van der Waals surface area contributed by atoms with E-state index in [1.54, 1.807) is 0 Å². The third kappa shape index (κ3) is 1.53. The average molecular weight is 182 g/mol. The van der Waals surface area contributed by atoms with E-state index in [9.17, 15) is 0 Å². The Morgan fingerprint density at radius 3 is 2.15 bits per heavy atom. The molecule has 13 heavy (non-hydrogen) atoms. The first-order valence-corrected chi connectivity index (χ1v) is 5.94. The van der Waals surface area contributed by atoms with Gasteiger partial charge < -0.3 is 0 Å². The van der Waals surface area contributed by atoms with Crippen LogP contribution in [-0.4, -0.2) is 0 Å². The molecule has 1 aliphatic rings. The molecule has 0 aromatic carbocycles. The van der Waals surface area contributed by atoms with Gasteiger partial charge in [-0.3, -0.25) is 0 Å². The van der Waals surface area contributed by atoms with Gasteiger partial charge in [0.2, 0.25) is 0 Å². The second kappa shape index (κ2) is 3.63. The summed E-state index contributed by atoms with van der Waals surface area (Å²) in [5, 5.41) is 0. The van der Waals surface area contributed by atoms with E-state index in [-0.39, 0.29) is 0 Å². The van der Waals surface area contributed by atoms with Crippen LogP contribution in [0.3, 0.4) is 0 Å². The van der Waals surface area contributed by atoms with E-state index in [4.69, 9.17) is 0 Å². The minimum absolute atomic E-state index is 0.628. The van der Waals surface area contributed by atoms with E-state index < -0.39 is 0 Å². The molecule has 0 amide bonds. The van der Waals surface area contributed by atoms with Crippen molar-refractivity contribution >= 4 is 0 Å². The zero-order valence-electron chi connectivity index (χ0n) is 10.2. The van der Waals surface area contributed by atoms with Crippen LogP contribution >= 0.6 is 0 Å². The third-order valence-corrected chi connectivity index (χ3v) is 5.05. The summed E-state index contributed by atoms with van der Waals surface area (Å²) in [6, 6.07) is 0. The largest absolute Gasteiger partial charge is 0.0651 e. The Bertz CT molecular complexity index is 171. The molecule has 4 unspecified atom stereocenters. The standard InChI is InChI=1S/C13H26/c1-7-12-8-10(4)13(12,6)11(5)9(2)3/h9-12H,7-8H2,1-6H3. The summed E-state index contributed by atoms with van der Waals surface area (Å²) in [4.78, 5) is 0. The Kier molecular flexibility index (Phi) is 3.09. The average Bonchev–Trinajstić information content (AvgIpc) is 2.10. The summed E-state index contributed by atoms with van der Waals surface area (Å²) in [6.45, 7) is 14.5. The highest BCUT2D eigenvalue weighted by Gasteiger charge is 2.51. The highest BCUT2D eigenvalue weighted by atomic mass is 14.6. The van der Waals surface area contributed by atoms with Gasteiger partial charge in [-0.1, -0.05) is 48.0 Å². The van der Waals surface area contributed by atoms with Crippen molar-refractivity contribution in [3.8, 4) is 0 Å². The summed E-state index contributed by atoms with van der Waals surface area (Å²) in [5.74, 6) is 3.64. The van der Waals surface area contributed by atoms with Crippen LogP contribution in [0.5, 0.6) is 0 Å². The van der Waals surface area contributed by atoms with Crippen molar-refractivity contribution in [2.24, 2.45) is 29.1 Å². The fourth-order valence-corrected chi connectivity index (χ4v) is 3.32. The number of hydrogen-bond acceptors (Lipinski definition) is 0. The molecular formula is C13H26. The van der Waals surface area contributed by atoms with E-state index in [0.29, 0.717) is 5.41 Å². The summed E-state index contributed by atoms with van der Waals surface area (Å²) in [6.07, 6.45) is 2.84. The minimum Gasteiger partial charge on any atom is -0.0651 e. The lowest BCUT2D eigenvalue weighted by Gasteiger charge is -2.58. The van der Waals surface area contributed by atoms with Crippen LogP contribution in [0, 0.1) is 29.1 Å². The van der Waals surface area contributed by atoms with Crippen molar-refractivity contribution in [3.05, 3.63) is 0 Å². The Morgan fingerprint density at radius 2 is 1.85 bits per heavy atom. The van der Waals surface area contributed by atoms with Gasteiger partial charge in [-0.15, -0.1) is 0 Å². The molecule has 0 aromatic heterocycles. The van der Waals surface area contributed by atoms with Crippen LogP contribution < -0.4 is 0 Å². The first-order chi connectivity index (χ1) is 5.94. The van der Waals surface area contributed by atoms with Crippen LogP contribution in [0.4, 0.5) is 0 Å². The molecule has 0 saturated heterocycles. The molecule has 0 N–H and O–H groups in total. The van der Waals surface area contributed by atoms with Crippen molar-refractivity contribution in [3.63, 3.8) is 0 Å². The zero-order chi connectivity index (χ0) is 10.2. The zero-order valence-corrected chi connectivity index (χ0v) is 10.2. The first-order valence-electron chi connectivity index (χ1n) is 5.94. The van der Waals surface area contributed by atoms with Gasteiger partial charge in [0.15, 0.2) is 0 Å². The lowest BCUT2D eigenvalue weighted by molar-refractivity contribution is -0.0892. The van der Waals surface area contributed by atoms with Crippen molar-refractivity contribution in [2.75, 3.05) is 0 Å². The summed E-state index contributed by atoms with van der Waals surface area (Å²) >= 11 is 0. The molecule has 0 spiro atoms. The van der Waals surface area contributed by atoms with E-state index in [0.717, 1.165) is 23.7 Å². The lowest BCUT2D eigenvalue weighted by atomic mass is 9.47. The predicted molar refractivity (Wildman–Crippen MR) is 59.7 cm³/mol. The van der Waals surface area contributed by atoms with Gasteiger partial charge >= 0.3 is 0 Å². The lowest BCUT2D eigenvalue weighted by Crippen LogP contribution is -2.51. The Morgan fingerprint density at radius 1 is 1.31 bits per heavy atom. The van der Waals surface area contributed by atoms with E-state index in [1.807, 2.05) is 0 Å². The molecule has 0 nitrogen and oxygen atoms in total. The van der Waals surface area contributed by atoms with Gasteiger partial charge in [-0.25, -0.2) is 0 Å². The molecule has 78 valence electrons. The molecular weight excluding hydrogens is 156 g/mol. The summed E-state index contributed by atoms with van der Waals surface area (Å²) < 4.78 is 0. The minimum atomic E-state index is 0.628. The Labute approximate surface area is 84.1 Å². The van der Waals surface area contributed by atoms with Crippen LogP contribution in [-0.2, 0) is 0 Å². The molecule has 0 heterocycles. The van der Waals surface area contributed by atoms with Crippen molar-refractivity contribution in [2.45, 2.75) is 54.4 Å². The van der Waals surface area contributed by atoms with E-state index >= 15 is 0 Å². The second-order valence-electron chi connectivity index (χ2n) is 5.64. The molecule has 4 atom stereocenters. The van der Waals surface area contributed by atoms with Crippen LogP contribution in [0.1, 0.15) is 54.4 Å². The fraction of sp³-hybridized carbons (Fsp3) is 1.00. The van der Waals surface area contributed by atoms with Gasteiger partial charge in [0, 0.05) is 0 Å². The quantitative estimate of drug-likeness (QED) is 0.608. The Hall–Kier alpha value is 0. The van der Waals surface area contributed by atoms with Crippen LogP contribution in [0.2, 0.25) is 0 Å². The molecule has 1 fully saturated rings. The van der Waals surface area contributed by atoms with Crippen LogP contribution in [0.15, 0.2) is 0 Å². The highest BCUT2D eigenvalue weighted by molar-refractivity contribution is 5.00. The van der Waals surface area contributed by atoms with Crippen molar-refractivity contribution in [1.29, 1.82) is 0 Å². The molecule has 1 aliphatic carbocycles. The van der Waals surface area contributed by atoms with Crippen LogP contribution in [0.25, 0.3) is 0 Å². The summed E-state index contributed by atoms with van der Waals surface area (Å²) in [5.41, 5.74) is 0.628. The van der Waals surface area contributed by atoms with E-state index in [2.05, 4.69) is 41.5 Å². The molecule has 0 aromatic rings. The SMILES string of the molecule is CCC1CC(C)C1(C)C(C)C(C)C. The molecule has 1 rings (SSSR count). The molecule has 0 heteroatoms. The molecule has 0 aliphatic heterocycles. The Balaban J connectivity index is 2.72. The fourth-order valence-electron chi connectivity index (χ4n) is 3.32. The smallest absolute Gasteiger partial charge is 0.0244 e. The van der Waals surface area contributed by atoms with Crippen molar-refractivity contribution < 1.29 is 0 Å². The highest BCUT2D eigenvalue weighted by Crippen LogP contribution is 2.58. The van der Waals surface area contributed by atoms with Gasteiger partial charge in [-0.05, 0) is 35.5 Å². The normalized spacial score (nSPS) is 41.8. The third-order valence-electron chi connectivity index (χ3n) is 5.05. The van der Waals surface area contributed by atoms with Gasteiger partial charge in [-0.2, -0.15) is 0 Å². The maximum atomic E-state index is 2.51. The predicted octanol–water partition coefficient (Wildman–Crippen LogP) is 4.35. The van der Waals surface area contributed by atoms with Gasteiger partial charge in [0.25, 0.3) is 0 Å². The van der Waals surface area contributed by atoms with E-state index in [1.165, 1.54) is 12.8 Å². The molecule has 1 saturated carbocycles. The molecule has 0 radical (unpaired) electrons. The van der Waals surface area contributed by atoms with Gasteiger partial charge in [0.1, 0.15) is 0 Å². The monoisotopic (exact) mass is 182 g/mol. The number of hydrogen-bond donors (Lipinski definition) is 0. The summed E-state index contributed by atoms with van der Waals surface area (Å²) in [7, 11) is 0. The topological polar surface area (TPSA) is 0 Å². The first kappa shape index (κ1) is 11.1. The maximum absolute atomic E-state index is 2.51. The van der Waals surface area contributed by atoms with Gasteiger partial charge in [0.05, 0.1) is 0 Å². The second-order valence-corrected chi connectivity index (χ2v) is 5.64. The molecule has 0 bridgehead atoms. The number of rotatable bonds is 3.